The van der Waals surface area contributed by atoms with Crippen LogP contribution < -0.4 is 0 Å². The summed E-state index contributed by atoms with van der Waals surface area (Å²) in [5.74, 6) is -1.72. The van der Waals surface area contributed by atoms with Crippen molar-refractivity contribution in [3.63, 3.8) is 0 Å². The first-order valence-electron chi connectivity index (χ1n) is 7.21. The third-order valence-corrected chi connectivity index (χ3v) is 7.42. The van der Waals surface area contributed by atoms with Gasteiger partial charge in [0.1, 0.15) is 0 Å². The Morgan fingerprint density at radius 3 is 1.96 bits per heavy atom. The Morgan fingerprint density at radius 1 is 0.920 bits per heavy atom. The molecular formula is C15H17NO7P2. The van der Waals surface area contributed by atoms with Crippen LogP contribution in [0.2, 0.25) is 0 Å². The van der Waals surface area contributed by atoms with E-state index in [0.29, 0.717) is 0 Å². The van der Waals surface area contributed by atoms with Gasteiger partial charge < -0.3 is 19.6 Å². The number of pyridine rings is 1. The molecule has 2 aromatic rings. The zero-order valence-electron chi connectivity index (χ0n) is 12.9. The first-order chi connectivity index (χ1) is 11.6. The molecule has 0 saturated carbocycles. The molecule has 1 unspecified atom stereocenters. The van der Waals surface area contributed by atoms with E-state index in [9.17, 15) is 33.5 Å². The van der Waals surface area contributed by atoms with Crippen molar-refractivity contribution in [1.29, 1.82) is 0 Å². The zero-order valence-corrected chi connectivity index (χ0v) is 14.7. The highest BCUT2D eigenvalue weighted by Crippen LogP contribution is 2.62. The lowest BCUT2D eigenvalue weighted by Gasteiger charge is -2.24. The summed E-state index contributed by atoms with van der Waals surface area (Å²) in [5, 5.41) is -2.28. The van der Waals surface area contributed by atoms with Crippen LogP contribution in [0.5, 0.6) is 0 Å². The van der Waals surface area contributed by atoms with Gasteiger partial charge in [0.15, 0.2) is 11.2 Å². The van der Waals surface area contributed by atoms with Gasteiger partial charge in [0.05, 0.1) is 11.6 Å². The van der Waals surface area contributed by atoms with Crippen molar-refractivity contribution in [2.24, 2.45) is 0 Å². The Labute approximate surface area is 143 Å². The van der Waals surface area contributed by atoms with Crippen molar-refractivity contribution >= 4 is 21.0 Å². The summed E-state index contributed by atoms with van der Waals surface area (Å²) in [6.45, 7) is 0. The predicted molar refractivity (Wildman–Crippen MR) is 90.2 cm³/mol. The number of benzene rings is 1. The third-order valence-electron chi connectivity index (χ3n) is 3.64. The molecule has 0 radical (unpaired) electrons. The van der Waals surface area contributed by atoms with Crippen molar-refractivity contribution in [2.75, 3.05) is 0 Å². The molecule has 1 aromatic heterocycles. The molecule has 1 heterocycles. The zero-order chi connectivity index (χ0) is 18.7. The van der Waals surface area contributed by atoms with E-state index in [2.05, 4.69) is 4.98 Å². The van der Waals surface area contributed by atoms with Gasteiger partial charge in [-0.25, -0.2) is 0 Å². The Balaban J connectivity index is 2.47. The standard InChI is InChI=1S/C15H17NO7P2/c17-15(11-6-2-1-3-7-11)12(13-8-4-5-9-16-13)10-14(24(18,19)20)25(21,22)23/h1-9,12,14H,10H2,(H2,18,19,20)(H2,21,22,23). The van der Waals surface area contributed by atoms with Gasteiger partial charge >= 0.3 is 15.2 Å². The number of ketones is 1. The van der Waals surface area contributed by atoms with Gasteiger partial charge in [0, 0.05) is 11.8 Å². The average Bonchev–Trinajstić information content (AvgIpc) is 2.54. The number of carbonyl (C=O) groups excluding carboxylic acids is 1. The fraction of sp³-hybridized carbons (Fsp3) is 0.200. The SMILES string of the molecule is O=C(c1ccccc1)C(CC(P(=O)(O)O)P(=O)(O)O)c1ccccn1. The van der Waals surface area contributed by atoms with E-state index in [1.54, 1.807) is 30.3 Å². The van der Waals surface area contributed by atoms with Crippen LogP contribution in [0, 0.1) is 0 Å². The molecule has 0 aliphatic rings. The molecule has 10 heteroatoms. The van der Waals surface area contributed by atoms with Gasteiger partial charge in [-0.1, -0.05) is 36.4 Å². The third kappa shape index (κ3) is 5.16. The molecule has 8 nitrogen and oxygen atoms in total. The molecule has 0 bridgehead atoms. The second-order valence-corrected chi connectivity index (χ2v) is 9.44. The average molecular weight is 385 g/mol. The van der Waals surface area contributed by atoms with Crippen LogP contribution in [0.3, 0.4) is 0 Å². The van der Waals surface area contributed by atoms with E-state index < -0.39 is 38.7 Å². The fourth-order valence-corrected chi connectivity index (χ4v) is 4.97. The van der Waals surface area contributed by atoms with E-state index in [0.717, 1.165) is 0 Å². The Bertz CT molecular complexity index is 794. The number of hydrogen-bond donors (Lipinski definition) is 4. The number of hydrogen-bond acceptors (Lipinski definition) is 4. The molecule has 0 amide bonds. The Morgan fingerprint density at radius 2 is 1.48 bits per heavy atom. The lowest BCUT2D eigenvalue weighted by molar-refractivity contribution is 0.0954. The summed E-state index contributed by atoms with van der Waals surface area (Å²) >= 11 is 0. The molecule has 0 saturated heterocycles. The van der Waals surface area contributed by atoms with Crippen LogP contribution in [-0.4, -0.2) is 35.7 Å². The molecule has 4 N–H and O–H groups in total. The minimum absolute atomic E-state index is 0.184. The Kier molecular flexibility index (Phi) is 6.06. The monoisotopic (exact) mass is 385 g/mol. The molecule has 0 aliphatic heterocycles. The summed E-state index contributed by atoms with van der Waals surface area (Å²) in [5.41, 5.74) is 0.441. The van der Waals surface area contributed by atoms with Crippen LogP contribution in [0.4, 0.5) is 0 Å². The van der Waals surface area contributed by atoms with Crippen LogP contribution in [0.15, 0.2) is 54.7 Å². The summed E-state index contributed by atoms with van der Waals surface area (Å²) < 4.78 is 23.1. The van der Waals surface area contributed by atoms with Gasteiger partial charge in [-0.2, -0.15) is 0 Å². The molecule has 1 aromatic carbocycles. The largest absolute Gasteiger partial charge is 0.340 e. The van der Waals surface area contributed by atoms with E-state index in [-0.39, 0.29) is 11.3 Å². The minimum atomic E-state index is -5.15. The lowest BCUT2D eigenvalue weighted by atomic mass is 9.92. The van der Waals surface area contributed by atoms with E-state index in [1.807, 2.05) is 0 Å². The highest BCUT2D eigenvalue weighted by Gasteiger charge is 2.46. The van der Waals surface area contributed by atoms with E-state index in [4.69, 9.17) is 0 Å². The number of aromatic nitrogens is 1. The predicted octanol–water partition coefficient (Wildman–Crippen LogP) is 2.12. The molecule has 25 heavy (non-hydrogen) atoms. The maximum atomic E-state index is 12.8. The maximum Gasteiger partial charge on any atom is 0.340 e. The lowest BCUT2D eigenvalue weighted by Crippen LogP contribution is -2.21. The highest BCUT2D eigenvalue weighted by molar-refractivity contribution is 7.70. The number of Topliss-reactive ketones (excluding diaryl/α,β-unsaturated/α-hetero) is 1. The molecule has 0 aliphatic carbocycles. The quantitative estimate of drug-likeness (QED) is 0.419. The number of rotatable bonds is 7. The second kappa shape index (κ2) is 7.70. The van der Waals surface area contributed by atoms with E-state index in [1.165, 1.54) is 24.4 Å². The normalized spacial score (nSPS) is 13.6. The smallest absolute Gasteiger partial charge is 0.324 e. The Hall–Kier alpha value is -1.66. The molecular weight excluding hydrogens is 368 g/mol. The second-order valence-electron chi connectivity index (χ2n) is 5.43. The molecule has 0 fully saturated rings. The van der Waals surface area contributed by atoms with Gasteiger partial charge in [0.2, 0.25) is 0 Å². The van der Waals surface area contributed by atoms with E-state index >= 15 is 0 Å². The van der Waals surface area contributed by atoms with Crippen molar-refractivity contribution in [2.45, 2.75) is 17.7 Å². The maximum absolute atomic E-state index is 12.8. The first kappa shape index (κ1) is 19.7. The van der Waals surface area contributed by atoms with Crippen molar-refractivity contribution in [3.05, 3.63) is 66.0 Å². The van der Waals surface area contributed by atoms with Crippen LogP contribution >= 0.6 is 15.2 Å². The van der Waals surface area contributed by atoms with Gasteiger partial charge in [-0.15, -0.1) is 0 Å². The molecule has 2 rings (SSSR count). The summed E-state index contributed by atoms with van der Waals surface area (Å²) in [6, 6.07) is 12.6. The topological polar surface area (TPSA) is 145 Å². The minimum Gasteiger partial charge on any atom is -0.324 e. The van der Waals surface area contributed by atoms with Gasteiger partial charge in [-0.3, -0.25) is 18.9 Å². The van der Waals surface area contributed by atoms with Gasteiger partial charge in [-0.05, 0) is 18.6 Å². The van der Waals surface area contributed by atoms with Crippen LogP contribution in [-0.2, 0) is 9.13 Å². The number of nitrogens with zero attached hydrogens (tertiary/aromatic N) is 1. The summed E-state index contributed by atoms with van der Waals surface area (Å²) in [4.78, 5) is 54.2. The van der Waals surface area contributed by atoms with Crippen LogP contribution in [0.1, 0.15) is 28.4 Å². The summed E-state index contributed by atoms with van der Waals surface area (Å²) in [6.07, 6.45) is 0.671. The highest BCUT2D eigenvalue weighted by atomic mass is 31.2. The van der Waals surface area contributed by atoms with Crippen molar-refractivity contribution in [3.8, 4) is 0 Å². The molecule has 1 atom stereocenters. The summed E-state index contributed by atoms with van der Waals surface area (Å²) in [7, 11) is -10.3. The van der Waals surface area contributed by atoms with Crippen LogP contribution in [0.25, 0.3) is 0 Å². The molecule has 134 valence electrons. The first-order valence-corrected chi connectivity index (χ1v) is 10.6. The van der Waals surface area contributed by atoms with Gasteiger partial charge in [0.25, 0.3) is 0 Å². The van der Waals surface area contributed by atoms with Crippen molar-refractivity contribution < 1.29 is 33.5 Å². The fourth-order valence-electron chi connectivity index (χ4n) is 2.43. The molecule has 0 spiro atoms. The van der Waals surface area contributed by atoms with Crippen molar-refractivity contribution in [1.82, 2.24) is 4.98 Å². The number of carbonyl (C=O) groups is 1.